The zero-order valence-corrected chi connectivity index (χ0v) is 35.9. The van der Waals surface area contributed by atoms with E-state index in [4.69, 9.17) is 9.84 Å². The van der Waals surface area contributed by atoms with Crippen LogP contribution >= 0.6 is 0 Å². The summed E-state index contributed by atoms with van der Waals surface area (Å²) < 4.78 is 6.26. The molecule has 62 heavy (non-hydrogen) atoms. The topological polar surface area (TPSA) is 94.6 Å². The van der Waals surface area contributed by atoms with E-state index in [1.54, 1.807) is 4.90 Å². The van der Waals surface area contributed by atoms with Crippen LogP contribution in [0.2, 0.25) is 0 Å². The molecule has 3 aliphatic heterocycles. The molecule has 4 unspecified atom stereocenters. The van der Waals surface area contributed by atoms with Gasteiger partial charge in [-0.15, -0.1) is 0 Å². The van der Waals surface area contributed by atoms with Crippen molar-refractivity contribution in [3.8, 4) is 5.75 Å². The molecule has 2 fully saturated rings. The maximum absolute atomic E-state index is 13.1. The van der Waals surface area contributed by atoms with E-state index >= 15 is 0 Å². The fraction of sp³-hybridized carbons (Fsp3) is 0.358. The number of imide groups is 1. The number of nitrogens with one attached hydrogen (secondary N) is 1. The highest BCUT2D eigenvalue weighted by Crippen LogP contribution is 2.47. The highest BCUT2D eigenvalue weighted by atomic mass is 16.5. The monoisotopic (exact) mass is 827 g/mol. The Bertz CT molecular complexity index is 2410. The van der Waals surface area contributed by atoms with Gasteiger partial charge in [-0.05, 0) is 120 Å². The van der Waals surface area contributed by atoms with Crippen LogP contribution in [0.4, 0.5) is 5.69 Å². The minimum absolute atomic E-state index is 0.0619. The molecule has 2 saturated heterocycles. The van der Waals surface area contributed by atoms with Gasteiger partial charge >= 0.3 is 0 Å². The first-order valence-electron chi connectivity index (χ1n) is 22.5. The summed E-state index contributed by atoms with van der Waals surface area (Å²) in [7, 11) is 2.05. The lowest BCUT2D eigenvalue weighted by Gasteiger charge is -2.36. The molecule has 3 heterocycles. The summed E-state index contributed by atoms with van der Waals surface area (Å²) in [4.78, 5) is 41.4. The number of hydrogen-bond acceptors (Lipinski definition) is 7. The number of hydrazone groups is 1. The fourth-order valence-electron chi connectivity index (χ4n) is 10.1. The van der Waals surface area contributed by atoms with Crippen LogP contribution < -0.4 is 15.0 Å². The van der Waals surface area contributed by atoms with Crippen LogP contribution in [0.25, 0.3) is 0 Å². The molecule has 3 amide bonds. The van der Waals surface area contributed by atoms with E-state index in [1.807, 2.05) is 36.5 Å². The number of rotatable bonds is 13. The molecule has 4 aliphatic rings. The van der Waals surface area contributed by atoms with Gasteiger partial charge in [0, 0.05) is 68.9 Å². The Morgan fingerprint density at radius 1 is 0.806 bits per heavy atom. The van der Waals surface area contributed by atoms with Crippen LogP contribution in [-0.4, -0.2) is 66.6 Å². The molecular weight excluding hydrogens is 771 g/mol. The summed E-state index contributed by atoms with van der Waals surface area (Å²) in [5, 5.41) is 9.23. The molecule has 0 bridgehead atoms. The van der Waals surface area contributed by atoms with Crippen molar-refractivity contribution in [2.45, 2.75) is 88.8 Å². The average molecular weight is 828 g/mol. The lowest BCUT2D eigenvalue weighted by Crippen LogP contribution is -2.52. The maximum Gasteiger partial charge on any atom is 0.255 e. The van der Waals surface area contributed by atoms with Gasteiger partial charge in [-0.25, -0.2) is 0 Å². The second-order valence-corrected chi connectivity index (χ2v) is 17.7. The first-order chi connectivity index (χ1) is 30.3. The van der Waals surface area contributed by atoms with Gasteiger partial charge in [0.2, 0.25) is 11.8 Å². The average Bonchev–Trinajstić information content (AvgIpc) is 3.64. The standard InChI is InChI=1S/C53H57N5O4/c1-36(41-15-21-48-43(31-41)34-58(53(48)61)49-23-24-50(59)55-52(49)60)33-54-56(2)28-25-37-26-29-57(30-27-37)44-17-13-40(14-18-44)51-46(39-11-7-4-8-12-39)20-16-42-32-45(19-22-47(42)51)62-35-38-9-5-3-6-10-38/h3-15,17-19,21-22,31-33,36-37,46,49,51H,16,20,23-30,34-35H2,1-2H3,(H,55,59,60)/b54-33-. The quantitative estimate of drug-likeness (QED) is 0.0723. The lowest BCUT2D eigenvalue weighted by molar-refractivity contribution is -0.136. The Morgan fingerprint density at radius 2 is 1.56 bits per heavy atom. The van der Waals surface area contributed by atoms with E-state index in [-0.39, 0.29) is 36.0 Å². The summed E-state index contributed by atoms with van der Waals surface area (Å²) in [6.07, 6.45) is 8.17. The molecule has 5 aromatic rings. The van der Waals surface area contributed by atoms with Crippen molar-refractivity contribution >= 4 is 29.6 Å². The van der Waals surface area contributed by atoms with Crippen molar-refractivity contribution in [3.05, 3.63) is 166 Å². The molecule has 1 aliphatic carbocycles. The van der Waals surface area contributed by atoms with Crippen molar-refractivity contribution in [3.63, 3.8) is 0 Å². The molecule has 1 N–H and O–H groups in total. The molecule has 318 valence electrons. The van der Waals surface area contributed by atoms with Crippen LogP contribution in [0.15, 0.2) is 126 Å². The normalized spacial score (nSPS) is 20.8. The number of amides is 3. The summed E-state index contributed by atoms with van der Waals surface area (Å²) in [5.41, 5.74) is 10.7. The first kappa shape index (κ1) is 41.1. The zero-order valence-electron chi connectivity index (χ0n) is 35.9. The molecule has 9 heteroatoms. The van der Waals surface area contributed by atoms with Crippen molar-refractivity contribution in [2.24, 2.45) is 11.0 Å². The molecule has 0 spiro atoms. The van der Waals surface area contributed by atoms with E-state index in [1.165, 1.54) is 46.3 Å². The number of benzene rings is 5. The fourth-order valence-corrected chi connectivity index (χ4v) is 10.1. The minimum Gasteiger partial charge on any atom is -0.489 e. The van der Waals surface area contributed by atoms with Gasteiger partial charge < -0.3 is 19.5 Å². The molecular formula is C53H57N5O4. The smallest absolute Gasteiger partial charge is 0.255 e. The zero-order chi connectivity index (χ0) is 42.6. The Hall–Kier alpha value is -6.22. The summed E-state index contributed by atoms with van der Waals surface area (Å²) >= 11 is 0. The molecule has 4 atom stereocenters. The van der Waals surface area contributed by atoms with Crippen LogP contribution in [0.1, 0.15) is 113 Å². The number of aryl methyl sites for hydroxylation is 1. The van der Waals surface area contributed by atoms with Crippen LogP contribution in [0, 0.1) is 5.92 Å². The van der Waals surface area contributed by atoms with Crippen molar-refractivity contribution in [2.75, 3.05) is 31.6 Å². The number of anilines is 1. The van der Waals surface area contributed by atoms with Gasteiger partial charge in [-0.3, -0.25) is 19.7 Å². The highest BCUT2D eigenvalue weighted by Gasteiger charge is 2.39. The summed E-state index contributed by atoms with van der Waals surface area (Å²) in [6.45, 7) is 6.07. The Balaban J connectivity index is 0.777. The number of hydrogen-bond donors (Lipinski definition) is 1. The van der Waals surface area contributed by atoms with Gasteiger partial charge in [-0.2, -0.15) is 5.10 Å². The van der Waals surface area contributed by atoms with Gasteiger partial charge in [0.25, 0.3) is 5.91 Å². The second kappa shape index (κ2) is 18.4. The number of piperidine rings is 2. The predicted molar refractivity (Wildman–Crippen MR) is 245 cm³/mol. The number of nitrogens with zero attached hydrogens (tertiary/aromatic N) is 4. The number of ether oxygens (including phenoxy) is 1. The van der Waals surface area contributed by atoms with E-state index in [9.17, 15) is 14.4 Å². The van der Waals surface area contributed by atoms with Gasteiger partial charge in [0.15, 0.2) is 0 Å². The largest absolute Gasteiger partial charge is 0.489 e. The third kappa shape index (κ3) is 9.03. The maximum atomic E-state index is 13.1. The summed E-state index contributed by atoms with van der Waals surface area (Å²) in [5.74, 6) is 1.54. The molecule has 0 radical (unpaired) electrons. The van der Waals surface area contributed by atoms with Crippen molar-refractivity contribution in [1.29, 1.82) is 0 Å². The van der Waals surface area contributed by atoms with Gasteiger partial charge in [-0.1, -0.05) is 97.9 Å². The van der Waals surface area contributed by atoms with E-state index in [2.05, 4.69) is 120 Å². The lowest BCUT2D eigenvalue weighted by atomic mass is 9.69. The van der Waals surface area contributed by atoms with E-state index in [0.29, 0.717) is 37.0 Å². The Kier molecular flexibility index (Phi) is 12.2. The second-order valence-electron chi connectivity index (χ2n) is 17.7. The van der Waals surface area contributed by atoms with Crippen molar-refractivity contribution < 1.29 is 19.1 Å². The van der Waals surface area contributed by atoms with Gasteiger partial charge in [0.05, 0.1) is 0 Å². The molecule has 0 saturated carbocycles. The van der Waals surface area contributed by atoms with Crippen molar-refractivity contribution in [1.82, 2.24) is 15.2 Å². The SMILES string of the molecule is CC(/C=N\N(C)CCC1CCN(c2ccc(C3c4ccc(OCc5ccccc5)cc4CCC3c3ccccc3)cc2)CC1)c1ccc2c(c1)CN(C1CCC(=O)NC1=O)C2=O. The molecule has 9 nitrogen and oxygen atoms in total. The molecule has 0 aromatic heterocycles. The third-order valence-corrected chi connectivity index (χ3v) is 13.7. The molecule has 5 aromatic carbocycles. The Morgan fingerprint density at radius 3 is 2.32 bits per heavy atom. The van der Waals surface area contributed by atoms with Crippen LogP contribution in [0.3, 0.4) is 0 Å². The number of carbonyl (C=O) groups excluding carboxylic acids is 3. The first-order valence-corrected chi connectivity index (χ1v) is 22.5. The summed E-state index contributed by atoms with van der Waals surface area (Å²) in [6, 6.07) is 42.9. The van der Waals surface area contributed by atoms with Crippen LogP contribution in [0.5, 0.6) is 5.75 Å². The molecule has 9 rings (SSSR count). The predicted octanol–water partition coefficient (Wildman–Crippen LogP) is 9.22. The number of carbonyl (C=O) groups is 3. The minimum atomic E-state index is -0.608. The Labute approximate surface area is 365 Å². The van der Waals surface area contributed by atoms with E-state index in [0.717, 1.165) is 55.8 Å². The highest BCUT2D eigenvalue weighted by molar-refractivity contribution is 6.05. The van der Waals surface area contributed by atoms with E-state index < -0.39 is 6.04 Å². The third-order valence-electron chi connectivity index (χ3n) is 13.7. The number of fused-ring (bicyclic) bond motifs is 2. The van der Waals surface area contributed by atoms with Gasteiger partial charge in [0.1, 0.15) is 18.4 Å². The van der Waals surface area contributed by atoms with Crippen LogP contribution in [-0.2, 0) is 29.2 Å².